The highest BCUT2D eigenvalue weighted by molar-refractivity contribution is 6.40. The van der Waals surface area contributed by atoms with E-state index in [1.807, 2.05) is 0 Å². The standard InChI is InChI=1S/C8H8ClF3Si/c9-7(13)5-1-3-6(4-2-5)8(10,11)12/h1-4,7H,13H3. The largest absolute Gasteiger partial charge is 0.416 e. The van der Waals surface area contributed by atoms with E-state index in [1.165, 1.54) is 12.1 Å². The Morgan fingerprint density at radius 3 is 1.92 bits per heavy atom. The third-order valence-electron chi connectivity index (χ3n) is 1.70. The maximum Gasteiger partial charge on any atom is 0.416 e. The molecule has 0 heterocycles. The van der Waals surface area contributed by atoms with Crippen LogP contribution in [0.15, 0.2) is 24.3 Å². The molecule has 0 spiro atoms. The average molecular weight is 225 g/mol. The Labute approximate surface area is 82.1 Å². The van der Waals surface area contributed by atoms with Crippen molar-refractivity contribution >= 4 is 21.8 Å². The maximum atomic E-state index is 12.1. The van der Waals surface area contributed by atoms with Crippen LogP contribution >= 0.6 is 11.6 Å². The molecule has 0 aliphatic carbocycles. The average Bonchev–Trinajstić information content (AvgIpc) is 2.03. The fourth-order valence-electron chi connectivity index (χ4n) is 0.937. The predicted octanol–water partition coefficient (Wildman–Crippen LogP) is 2.31. The molecule has 1 atom stereocenters. The van der Waals surface area contributed by atoms with E-state index in [1.54, 1.807) is 0 Å². The van der Waals surface area contributed by atoms with Crippen molar-refractivity contribution in [1.29, 1.82) is 0 Å². The molecular formula is C8H8ClF3Si. The second kappa shape index (κ2) is 3.72. The number of benzene rings is 1. The molecule has 1 unspecified atom stereocenters. The molecule has 0 amide bonds. The Morgan fingerprint density at radius 1 is 1.15 bits per heavy atom. The number of rotatable bonds is 1. The van der Waals surface area contributed by atoms with E-state index in [-0.39, 0.29) is 5.00 Å². The second-order valence-corrected chi connectivity index (χ2v) is 5.28. The smallest absolute Gasteiger partial charge is 0.166 e. The van der Waals surface area contributed by atoms with Crippen LogP contribution in [0.3, 0.4) is 0 Å². The van der Waals surface area contributed by atoms with Crippen LogP contribution in [0.4, 0.5) is 13.2 Å². The summed E-state index contributed by atoms with van der Waals surface area (Å²) in [4.78, 5) is 0. The van der Waals surface area contributed by atoms with Crippen LogP contribution in [-0.2, 0) is 6.18 Å². The Balaban J connectivity index is 2.94. The van der Waals surface area contributed by atoms with Crippen LogP contribution in [0, 0.1) is 0 Å². The van der Waals surface area contributed by atoms with Crippen LogP contribution < -0.4 is 0 Å². The number of hydrogen-bond acceptors (Lipinski definition) is 0. The van der Waals surface area contributed by atoms with Gasteiger partial charge in [0.05, 0.1) is 5.56 Å². The van der Waals surface area contributed by atoms with E-state index >= 15 is 0 Å². The highest BCUT2D eigenvalue weighted by atomic mass is 35.5. The molecule has 0 saturated carbocycles. The van der Waals surface area contributed by atoms with Gasteiger partial charge in [0.15, 0.2) is 0 Å². The van der Waals surface area contributed by atoms with E-state index in [0.29, 0.717) is 0 Å². The monoisotopic (exact) mass is 224 g/mol. The van der Waals surface area contributed by atoms with Crippen LogP contribution in [0.25, 0.3) is 0 Å². The number of alkyl halides is 4. The lowest BCUT2D eigenvalue weighted by Gasteiger charge is -2.08. The third kappa shape index (κ3) is 2.74. The van der Waals surface area contributed by atoms with Gasteiger partial charge in [0.1, 0.15) is 0 Å². The van der Waals surface area contributed by atoms with Crippen LogP contribution in [0.1, 0.15) is 16.1 Å². The van der Waals surface area contributed by atoms with Crippen molar-refractivity contribution in [3.05, 3.63) is 35.4 Å². The summed E-state index contributed by atoms with van der Waals surface area (Å²) < 4.78 is 36.3. The Morgan fingerprint density at radius 2 is 1.62 bits per heavy atom. The molecule has 0 radical (unpaired) electrons. The minimum atomic E-state index is -4.26. The molecule has 0 saturated heterocycles. The quantitative estimate of drug-likeness (QED) is 0.507. The zero-order chi connectivity index (χ0) is 10.1. The van der Waals surface area contributed by atoms with Crippen LogP contribution in [0.5, 0.6) is 0 Å². The van der Waals surface area contributed by atoms with Gasteiger partial charge in [-0.15, -0.1) is 11.6 Å². The van der Waals surface area contributed by atoms with E-state index in [4.69, 9.17) is 11.6 Å². The van der Waals surface area contributed by atoms with Gasteiger partial charge in [-0.3, -0.25) is 0 Å². The van der Waals surface area contributed by atoms with E-state index in [9.17, 15) is 13.2 Å². The van der Waals surface area contributed by atoms with Crippen molar-refractivity contribution in [2.24, 2.45) is 0 Å². The molecule has 0 aliphatic heterocycles. The van der Waals surface area contributed by atoms with Crippen molar-refractivity contribution < 1.29 is 13.2 Å². The first-order valence-corrected chi connectivity index (χ1v) is 5.31. The summed E-state index contributed by atoms with van der Waals surface area (Å²) in [5.74, 6) is 0. The molecule has 1 aromatic carbocycles. The summed E-state index contributed by atoms with van der Waals surface area (Å²) in [5.41, 5.74) is 0.122. The maximum absolute atomic E-state index is 12.1. The van der Waals surface area contributed by atoms with Gasteiger partial charge in [-0.1, -0.05) is 12.1 Å². The Hall–Kier alpha value is -0.483. The fraction of sp³-hybridized carbons (Fsp3) is 0.250. The Kier molecular flexibility index (Phi) is 3.03. The van der Waals surface area contributed by atoms with Gasteiger partial charge in [0.2, 0.25) is 0 Å². The Bertz CT molecular complexity index is 278. The molecule has 0 aromatic heterocycles. The molecule has 0 bridgehead atoms. The minimum Gasteiger partial charge on any atom is -0.166 e. The summed E-state index contributed by atoms with van der Waals surface area (Å²) in [6.45, 7) is 0. The van der Waals surface area contributed by atoms with Crippen LogP contribution in [0.2, 0.25) is 0 Å². The summed E-state index contributed by atoms with van der Waals surface area (Å²) in [5, 5.41) is -0.123. The van der Waals surface area contributed by atoms with Gasteiger partial charge < -0.3 is 0 Å². The normalized spacial score (nSPS) is 14.5. The topological polar surface area (TPSA) is 0 Å². The zero-order valence-corrected chi connectivity index (χ0v) is 9.65. The minimum absolute atomic E-state index is 0.123. The first-order valence-electron chi connectivity index (χ1n) is 3.72. The van der Waals surface area contributed by atoms with Crippen molar-refractivity contribution in [3.8, 4) is 0 Å². The van der Waals surface area contributed by atoms with Gasteiger partial charge in [0, 0.05) is 15.2 Å². The summed E-state index contributed by atoms with van der Waals surface area (Å²) in [6, 6.07) is 4.96. The predicted molar refractivity (Wildman–Crippen MR) is 50.0 cm³/mol. The van der Waals surface area contributed by atoms with Gasteiger partial charge in [-0.25, -0.2) is 0 Å². The number of halogens is 4. The first kappa shape index (κ1) is 10.6. The van der Waals surface area contributed by atoms with Gasteiger partial charge in [-0.05, 0) is 17.7 Å². The lowest BCUT2D eigenvalue weighted by atomic mass is 10.1. The van der Waals surface area contributed by atoms with Crippen LogP contribution in [-0.4, -0.2) is 10.2 Å². The van der Waals surface area contributed by atoms with Crippen molar-refractivity contribution in [2.45, 2.75) is 11.2 Å². The second-order valence-electron chi connectivity index (χ2n) is 2.74. The van der Waals surface area contributed by atoms with Gasteiger partial charge in [0.25, 0.3) is 0 Å². The molecule has 0 aliphatic rings. The van der Waals surface area contributed by atoms with Crippen molar-refractivity contribution in [1.82, 2.24) is 0 Å². The van der Waals surface area contributed by atoms with Gasteiger partial charge >= 0.3 is 6.18 Å². The highest BCUT2D eigenvalue weighted by Gasteiger charge is 2.29. The third-order valence-corrected chi connectivity index (χ3v) is 2.62. The molecule has 0 nitrogen and oxygen atoms in total. The van der Waals surface area contributed by atoms with E-state index in [2.05, 4.69) is 0 Å². The lowest BCUT2D eigenvalue weighted by Crippen LogP contribution is -2.04. The molecule has 0 N–H and O–H groups in total. The molecule has 5 heteroatoms. The summed E-state index contributed by atoms with van der Waals surface area (Å²) in [7, 11) is 0.728. The summed E-state index contributed by atoms with van der Waals surface area (Å²) in [6.07, 6.45) is -4.26. The van der Waals surface area contributed by atoms with Crippen molar-refractivity contribution in [3.63, 3.8) is 0 Å². The molecule has 0 fully saturated rings. The molecule has 1 aromatic rings. The SMILES string of the molecule is FC(F)(F)c1ccc(C([SiH3])Cl)cc1. The van der Waals surface area contributed by atoms with E-state index in [0.717, 1.165) is 27.9 Å². The number of hydrogen-bond donors (Lipinski definition) is 0. The molecule has 1 rings (SSSR count). The fourth-order valence-corrected chi connectivity index (χ4v) is 1.47. The first-order chi connectivity index (χ1) is 5.91. The zero-order valence-electron chi connectivity index (χ0n) is 6.90. The molecule has 72 valence electrons. The summed E-state index contributed by atoms with van der Waals surface area (Å²) >= 11 is 5.75. The molecule has 13 heavy (non-hydrogen) atoms. The highest BCUT2D eigenvalue weighted by Crippen LogP contribution is 2.30. The lowest BCUT2D eigenvalue weighted by molar-refractivity contribution is -0.137. The van der Waals surface area contributed by atoms with E-state index < -0.39 is 11.7 Å². The van der Waals surface area contributed by atoms with Crippen molar-refractivity contribution in [2.75, 3.05) is 0 Å². The van der Waals surface area contributed by atoms with Gasteiger partial charge in [-0.2, -0.15) is 13.2 Å². The molecular weight excluding hydrogens is 217 g/mol.